The average molecular weight is 1020 g/mol. The van der Waals surface area contributed by atoms with Crippen molar-refractivity contribution in [1.82, 2.24) is 14.1 Å². The summed E-state index contributed by atoms with van der Waals surface area (Å²) in [6, 6.07) is 52.6. The molecular formula is C58H56N4OPt-2. The molecule has 0 atom stereocenters. The Balaban J connectivity index is 0.00000560. The predicted molar refractivity (Wildman–Crippen MR) is 259 cm³/mol. The quantitative estimate of drug-likeness (QED) is 0.118. The monoisotopic (exact) mass is 1020 g/mol. The predicted octanol–water partition coefficient (Wildman–Crippen LogP) is 14.3. The third-order valence-corrected chi connectivity index (χ3v) is 12.1. The first-order valence-corrected chi connectivity index (χ1v) is 22.0. The topological polar surface area (TPSA) is 35.9 Å². The molecule has 0 spiro atoms. The standard InChI is InChI=1S/C58H56N4O.Pt/c1-38-18-17-19-39(2)55(38)42-30-45(60-36-53(58(9,10)11)61(37-60)46-29-41(40-20-13-12-14-21-40)28-44(32-46)57(6,7)8)34-48(31-42)63-47-24-25-50-49-22-15-16-23-51(49)62(52(50)35-47)54-33-43(26-27-59-54)56(3,4)5;/h12-33,36H,1-11H3;/q-2;. The molecule has 9 aromatic rings. The Morgan fingerprint density at radius 2 is 1.28 bits per heavy atom. The third kappa shape index (κ3) is 8.63. The van der Waals surface area contributed by atoms with Crippen molar-refractivity contribution in [3.05, 3.63) is 186 Å². The first-order chi connectivity index (χ1) is 29.9. The second kappa shape index (κ2) is 16.8. The van der Waals surface area contributed by atoms with Crippen LogP contribution in [-0.4, -0.2) is 14.1 Å². The van der Waals surface area contributed by atoms with E-state index >= 15 is 0 Å². The maximum atomic E-state index is 6.88. The van der Waals surface area contributed by atoms with Crippen LogP contribution in [0.25, 0.3) is 61.3 Å². The van der Waals surface area contributed by atoms with E-state index in [0.717, 1.165) is 50.3 Å². The minimum atomic E-state index is -0.208. The average Bonchev–Trinajstić information content (AvgIpc) is 3.84. The summed E-state index contributed by atoms with van der Waals surface area (Å²) in [4.78, 5) is 4.89. The Kier molecular flexibility index (Phi) is 11.7. The Bertz CT molecular complexity index is 3150. The van der Waals surface area contributed by atoms with Gasteiger partial charge in [0.1, 0.15) is 5.82 Å². The minimum Gasteiger partial charge on any atom is -0.510 e. The Hall–Kier alpha value is -6.03. The molecule has 0 aliphatic carbocycles. The van der Waals surface area contributed by atoms with Gasteiger partial charge in [-0.15, -0.1) is 35.2 Å². The van der Waals surface area contributed by atoms with Gasteiger partial charge in [0.2, 0.25) is 0 Å². The van der Waals surface area contributed by atoms with Gasteiger partial charge in [-0.2, -0.15) is 12.1 Å². The molecule has 0 saturated carbocycles. The number of imidazole rings is 1. The van der Waals surface area contributed by atoms with Crippen molar-refractivity contribution < 1.29 is 30.4 Å². The van der Waals surface area contributed by atoms with E-state index in [1.165, 1.54) is 38.9 Å². The summed E-state index contributed by atoms with van der Waals surface area (Å²) >= 11 is 0. The van der Waals surface area contributed by atoms with Crippen molar-refractivity contribution in [1.29, 1.82) is 0 Å². The molecule has 3 heterocycles. The summed E-state index contributed by atoms with van der Waals surface area (Å²) in [5.74, 6) is 2.03. The van der Waals surface area contributed by atoms with E-state index in [0.29, 0.717) is 11.5 Å². The number of hydrogen-bond acceptors (Lipinski definition) is 2. The molecule has 0 aliphatic heterocycles. The van der Waals surface area contributed by atoms with Crippen LogP contribution in [0, 0.1) is 32.3 Å². The zero-order valence-corrected chi connectivity index (χ0v) is 41.1. The molecule has 0 aliphatic rings. The number of para-hydroxylation sites is 1. The molecule has 0 unspecified atom stereocenters. The zero-order chi connectivity index (χ0) is 44.4. The number of fused-ring (bicyclic) bond motifs is 3. The van der Waals surface area contributed by atoms with Crippen molar-refractivity contribution in [2.45, 2.75) is 92.4 Å². The van der Waals surface area contributed by atoms with Crippen LogP contribution in [-0.2, 0) is 37.3 Å². The van der Waals surface area contributed by atoms with Crippen LogP contribution >= 0.6 is 0 Å². The van der Waals surface area contributed by atoms with Crippen molar-refractivity contribution in [3.63, 3.8) is 0 Å². The van der Waals surface area contributed by atoms with Gasteiger partial charge in [-0.05, 0) is 110 Å². The molecule has 0 radical (unpaired) electrons. The van der Waals surface area contributed by atoms with Crippen molar-refractivity contribution in [3.8, 4) is 50.9 Å². The molecule has 0 fully saturated rings. The maximum Gasteiger partial charge on any atom is 0.267 e. The number of aryl methyl sites for hydroxylation is 2. The van der Waals surface area contributed by atoms with Crippen molar-refractivity contribution in [2.75, 3.05) is 0 Å². The molecule has 326 valence electrons. The number of aromatic nitrogens is 4. The van der Waals surface area contributed by atoms with Crippen LogP contribution < -0.4 is 9.30 Å². The van der Waals surface area contributed by atoms with E-state index in [2.05, 4.69) is 236 Å². The molecule has 3 aromatic heterocycles. The van der Waals surface area contributed by atoms with Gasteiger partial charge in [0.05, 0.1) is 11.4 Å². The Morgan fingerprint density at radius 3 is 1.98 bits per heavy atom. The number of nitrogens with zero attached hydrogens (tertiary/aromatic N) is 4. The summed E-state index contributed by atoms with van der Waals surface area (Å²) in [7, 11) is 0. The third-order valence-electron chi connectivity index (χ3n) is 12.1. The zero-order valence-electron chi connectivity index (χ0n) is 38.8. The number of ether oxygens (including phenoxy) is 1. The molecule has 9 rings (SSSR count). The largest absolute Gasteiger partial charge is 0.510 e. The second-order valence-electron chi connectivity index (χ2n) is 20.0. The fourth-order valence-corrected chi connectivity index (χ4v) is 8.62. The number of pyridine rings is 1. The fourth-order valence-electron chi connectivity index (χ4n) is 8.62. The van der Waals surface area contributed by atoms with E-state index in [4.69, 9.17) is 9.72 Å². The van der Waals surface area contributed by atoms with Crippen LogP contribution in [0.4, 0.5) is 0 Å². The fraction of sp³-hybridized carbons (Fsp3) is 0.241. The number of hydrogen-bond donors (Lipinski definition) is 0. The van der Waals surface area contributed by atoms with E-state index in [1.807, 2.05) is 12.3 Å². The van der Waals surface area contributed by atoms with Gasteiger partial charge in [0.25, 0.3) is 6.33 Å². The van der Waals surface area contributed by atoms with Crippen molar-refractivity contribution in [2.24, 2.45) is 0 Å². The molecule has 0 bridgehead atoms. The first kappa shape index (κ1) is 44.6. The van der Waals surface area contributed by atoms with Gasteiger partial charge in [-0.1, -0.05) is 141 Å². The number of rotatable bonds is 7. The molecule has 6 aromatic carbocycles. The van der Waals surface area contributed by atoms with Gasteiger partial charge in [0, 0.05) is 50.5 Å². The Labute approximate surface area is 393 Å². The van der Waals surface area contributed by atoms with E-state index in [9.17, 15) is 0 Å². The maximum absolute atomic E-state index is 6.88. The molecule has 0 amide bonds. The summed E-state index contributed by atoms with van der Waals surface area (Å²) in [6.07, 6.45) is 7.89. The smallest absolute Gasteiger partial charge is 0.267 e. The van der Waals surface area contributed by atoms with Gasteiger partial charge >= 0.3 is 0 Å². The van der Waals surface area contributed by atoms with Gasteiger partial charge in [-0.3, -0.25) is 4.57 Å². The summed E-state index contributed by atoms with van der Waals surface area (Å²) in [5.41, 5.74) is 14.1. The molecule has 6 heteroatoms. The molecular weight excluding hydrogens is 964 g/mol. The van der Waals surface area contributed by atoms with E-state index < -0.39 is 0 Å². The van der Waals surface area contributed by atoms with Crippen molar-refractivity contribution >= 4 is 21.8 Å². The van der Waals surface area contributed by atoms with Crippen LogP contribution in [0.1, 0.15) is 90.3 Å². The summed E-state index contributed by atoms with van der Waals surface area (Å²) < 4.78 is 13.4. The van der Waals surface area contributed by atoms with Gasteiger partial charge in [-0.25, -0.2) is 4.98 Å². The number of benzene rings is 6. The normalized spacial score (nSPS) is 12.2. The summed E-state index contributed by atoms with van der Waals surface area (Å²) in [5, 5.41) is 2.22. The van der Waals surface area contributed by atoms with Crippen LogP contribution in [0.5, 0.6) is 11.5 Å². The summed E-state index contributed by atoms with van der Waals surface area (Å²) in [6.45, 7) is 24.6. The molecule has 5 nitrogen and oxygen atoms in total. The van der Waals surface area contributed by atoms with Gasteiger partial charge in [0.15, 0.2) is 0 Å². The van der Waals surface area contributed by atoms with E-state index in [1.54, 1.807) is 0 Å². The molecule has 0 N–H and O–H groups in total. The molecule has 0 saturated heterocycles. The second-order valence-corrected chi connectivity index (χ2v) is 20.0. The SMILES string of the molecule is Cc1cccc(C)c1-c1cc(Oc2[c-]c3c(cc2)c2ccccc2n3-c2cc(C(C)(C)C)ccn2)[c-]c(-n2[c-][n+](-c3cc(-c4ccccc4)cc(C(C)(C)C)c3)c(C(C)(C)C)c2)c1.[Pt]. The van der Waals surface area contributed by atoms with E-state index in [-0.39, 0.29) is 37.3 Å². The van der Waals surface area contributed by atoms with Gasteiger partial charge < -0.3 is 13.9 Å². The van der Waals surface area contributed by atoms with Crippen LogP contribution in [0.15, 0.2) is 140 Å². The minimum absolute atomic E-state index is 0. The van der Waals surface area contributed by atoms with Crippen LogP contribution in [0.3, 0.4) is 0 Å². The first-order valence-electron chi connectivity index (χ1n) is 22.0. The Morgan fingerprint density at radius 1 is 0.578 bits per heavy atom. The van der Waals surface area contributed by atoms with Crippen LogP contribution in [0.2, 0.25) is 0 Å². The molecule has 64 heavy (non-hydrogen) atoms.